The predicted octanol–water partition coefficient (Wildman–Crippen LogP) is 3.21. The second-order valence-electron chi connectivity index (χ2n) is 4.12. The lowest BCUT2D eigenvalue weighted by molar-refractivity contribution is 0.902. The smallest absolute Gasteiger partial charge is 0.227 e. The lowest BCUT2D eigenvalue weighted by atomic mass is 10.2. The third kappa shape index (κ3) is 3.20. The Labute approximate surface area is 107 Å². The molecule has 1 aromatic heterocycles. The van der Waals surface area contributed by atoms with Crippen molar-refractivity contribution in [3.05, 3.63) is 42.2 Å². The average molecular weight is 242 g/mol. The number of anilines is 3. The van der Waals surface area contributed by atoms with Gasteiger partial charge >= 0.3 is 0 Å². The van der Waals surface area contributed by atoms with Gasteiger partial charge in [-0.15, -0.1) is 0 Å². The van der Waals surface area contributed by atoms with E-state index in [9.17, 15) is 0 Å². The molecule has 4 heteroatoms. The van der Waals surface area contributed by atoms with Crippen LogP contribution >= 0.6 is 0 Å². The van der Waals surface area contributed by atoms with E-state index in [0.717, 1.165) is 24.2 Å². The van der Waals surface area contributed by atoms with Gasteiger partial charge in [0.1, 0.15) is 0 Å². The van der Waals surface area contributed by atoms with Crippen LogP contribution in [0.15, 0.2) is 36.7 Å². The molecule has 1 aromatic carbocycles. The summed E-state index contributed by atoms with van der Waals surface area (Å²) in [5.74, 6) is 0.628. The van der Waals surface area contributed by atoms with Crippen molar-refractivity contribution in [1.82, 2.24) is 9.97 Å². The van der Waals surface area contributed by atoms with E-state index in [-0.39, 0.29) is 0 Å². The third-order valence-corrected chi connectivity index (χ3v) is 2.65. The Morgan fingerprint density at radius 1 is 1.11 bits per heavy atom. The van der Waals surface area contributed by atoms with Crippen LogP contribution in [0.1, 0.15) is 18.9 Å². The topological polar surface area (TPSA) is 49.8 Å². The highest BCUT2D eigenvalue weighted by atomic mass is 15.1. The van der Waals surface area contributed by atoms with Gasteiger partial charge in [-0.25, -0.2) is 9.97 Å². The summed E-state index contributed by atoms with van der Waals surface area (Å²) >= 11 is 0. The van der Waals surface area contributed by atoms with Crippen LogP contribution in [0.2, 0.25) is 0 Å². The maximum Gasteiger partial charge on any atom is 0.227 e. The summed E-state index contributed by atoms with van der Waals surface area (Å²) in [6.45, 7) is 2.15. The summed E-state index contributed by atoms with van der Waals surface area (Å²) in [7, 11) is 1.90. The van der Waals surface area contributed by atoms with Gasteiger partial charge in [0.15, 0.2) is 0 Å². The lowest BCUT2D eigenvalue weighted by Gasteiger charge is -2.07. The molecule has 4 nitrogen and oxygen atoms in total. The Hall–Kier alpha value is -2.10. The number of rotatable bonds is 5. The quantitative estimate of drug-likeness (QED) is 0.845. The van der Waals surface area contributed by atoms with Gasteiger partial charge in [0.2, 0.25) is 5.95 Å². The molecule has 0 bridgehead atoms. The van der Waals surface area contributed by atoms with Crippen LogP contribution in [-0.2, 0) is 6.42 Å². The van der Waals surface area contributed by atoms with Crippen LogP contribution in [0.4, 0.5) is 17.3 Å². The van der Waals surface area contributed by atoms with Crippen LogP contribution in [0.5, 0.6) is 0 Å². The van der Waals surface area contributed by atoms with Crippen molar-refractivity contribution in [3.8, 4) is 0 Å². The largest absolute Gasteiger partial charge is 0.388 e. The summed E-state index contributed by atoms with van der Waals surface area (Å²) in [6.07, 6.45) is 5.89. The van der Waals surface area contributed by atoms with Crippen LogP contribution < -0.4 is 10.6 Å². The van der Waals surface area contributed by atoms with Crippen LogP contribution in [0, 0.1) is 0 Å². The molecular weight excluding hydrogens is 224 g/mol. The zero-order chi connectivity index (χ0) is 12.8. The van der Waals surface area contributed by atoms with Crippen molar-refractivity contribution < 1.29 is 0 Å². The lowest BCUT2D eigenvalue weighted by Crippen LogP contribution is -1.98. The minimum absolute atomic E-state index is 0.628. The number of aryl methyl sites for hydroxylation is 1. The molecule has 0 radical (unpaired) electrons. The maximum atomic E-state index is 4.31. The molecule has 0 fully saturated rings. The number of nitrogens with zero attached hydrogens (tertiary/aromatic N) is 2. The van der Waals surface area contributed by atoms with Crippen molar-refractivity contribution in [2.75, 3.05) is 17.7 Å². The summed E-state index contributed by atoms with van der Waals surface area (Å²) in [5, 5.41) is 6.28. The Balaban J connectivity index is 2.08. The molecule has 0 saturated heterocycles. The molecule has 0 unspecified atom stereocenters. The highest BCUT2D eigenvalue weighted by molar-refractivity contribution is 5.60. The SMILES string of the molecule is CCCc1cnc(Nc2cccc(NC)c2)nc1. The zero-order valence-electron chi connectivity index (χ0n) is 10.8. The summed E-state index contributed by atoms with van der Waals surface area (Å²) in [5.41, 5.74) is 3.21. The average Bonchev–Trinajstić information content (AvgIpc) is 2.42. The van der Waals surface area contributed by atoms with Crippen LogP contribution in [0.25, 0.3) is 0 Å². The summed E-state index contributed by atoms with van der Waals surface area (Å²) in [4.78, 5) is 8.61. The van der Waals surface area contributed by atoms with Crippen LogP contribution in [0.3, 0.4) is 0 Å². The van der Waals surface area contributed by atoms with Gasteiger partial charge in [-0.05, 0) is 30.2 Å². The van der Waals surface area contributed by atoms with Gasteiger partial charge in [0, 0.05) is 30.8 Å². The minimum atomic E-state index is 0.628. The van der Waals surface area contributed by atoms with Gasteiger partial charge in [-0.3, -0.25) is 0 Å². The van der Waals surface area contributed by atoms with Gasteiger partial charge in [-0.1, -0.05) is 19.4 Å². The first kappa shape index (κ1) is 12.4. The standard InChI is InChI=1S/C14H18N4/c1-3-5-11-9-16-14(17-10-11)18-13-7-4-6-12(8-13)15-2/h4,6-10,15H,3,5H2,1-2H3,(H,16,17,18). The summed E-state index contributed by atoms with van der Waals surface area (Å²) in [6, 6.07) is 8.00. The van der Waals surface area contributed by atoms with E-state index < -0.39 is 0 Å². The zero-order valence-corrected chi connectivity index (χ0v) is 10.8. The normalized spacial score (nSPS) is 10.1. The van der Waals surface area contributed by atoms with E-state index in [0.29, 0.717) is 5.95 Å². The second-order valence-corrected chi connectivity index (χ2v) is 4.12. The van der Waals surface area contributed by atoms with E-state index in [4.69, 9.17) is 0 Å². The van der Waals surface area contributed by atoms with E-state index in [2.05, 4.69) is 27.5 Å². The van der Waals surface area contributed by atoms with Crippen molar-refractivity contribution in [2.24, 2.45) is 0 Å². The van der Waals surface area contributed by atoms with Crippen molar-refractivity contribution in [1.29, 1.82) is 0 Å². The molecule has 0 aliphatic carbocycles. The highest BCUT2D eigenvalue weighted by Crippen LogP contribution is 2.17. The molecule has 2 N–H and O–H groups in total. The molecule has 18 heavy (non-hydrogen) atoms. The monoisotopic (exact) mass is 242 g/mol. The molecule has 0 atom stereocenters. The van der Waals surface area contributed by atoms with Gasteiger partial charge < -0.3 is 10.6 Å². The van der Waals surface area contributed by atoms with Crippen LogP contribution in [-0.4, -0.2) is 17.0 Å². The molecule has 0 saturated carbocycles. The first-order valence-corrected chi connectivity index (χ1v) is 6.17. The molecular formula is C14H18N4. The highest BCUT2D eigenvalue weighted by Gasteiger charge is 1.99. The van der Waals surface area contributed by atoms with E-state index in [1.807, 2.05) is 43.7 Å². The number of benzene rings is 1. The fourth-order valence-corrected chi connectivity index (χ4v) is 1.72. The number of hydrogen-bond acceptors (Lipinski definition) is 4. The van der Waals surface area contributed by atoms with E-state index in [1.54, 1.807) is 0 Å². The molecule has 2 aromatic rings. The van der Waals surface area contributed by atoms with Gasteiger partial charge in [-0.2, -0.15) is 0 Å². The second kappa shape index (κ2) is 6.00. The fourth-order valence-electron chi connectivity index (χ4n) is 1.72. The first-order chi connectivity index (χ1) is 8.81. The number of aromatic nitrogens is 2. The Morgan fingerprint density at radius 2 is 1.83 bits per heavy atom. The fraction of sp³-hybridized carbons (Fsp3) is 0.286. The number of nitrogens with one attached hydrogen (secondary N) is 2. The Bertz CT molecular complexity index is 493. The maximum absolute atomic E-state index is 4.31. The van der Waals surface area contributed by atoms with Crippen molar-refractivity contribution in [3.63, 3.8) is 0 Å². The number of hydrogen-bond donors (Lipinski definition) is 2. The summed E-state index contributed by atoms with van der Waals surface area (Å²) < 4.78 is 0. The van der Waals surface area contributed by atoms with Crippen molar-refractivity contribution in [2.45, 2.75) is 19.8 Å². The predicted molar refractivity (Wildman–Crippen MR) is 75.3 cm³/mol. The third-order valence-electron chi connectivity index (χ3n) is 2.65. The molecule has 94 valence electrons. The van der Waals surface area contributed by atoms with Gasteiger partial charge in [0.25, 0.3) is 0 Å². The van der Waals surface area contributed by atoms with E-state index in [1.165, 1.54) is 5.56 Å². The van der Waals surface area contributed by atoms with Crippen molar-refractivity contribution >= 4 is 17.3 Å². The molecule has 0 aliphatic heterocycles. The molecule has 2 rings (SSSR count). The molecule has 0 aliphatic rings. The van der Waals surface area contributed by atoms with E-state index >= 15 is 0 Å². The van der Waals surface area contributed by atoms with Gasteiger partial charge in [0.05, 0.1) is 0 Å². The first-order valence-electron chi connectivity index (χ1n) is 6.17. The minimum Gasteiger partial charge on any atom is -0.388 e. The Kier molecular flexibility index (Phi) is 4.12. The molecule has 0 amide bonds. The molecule has 1 heterocycles. The molecule has 0 spiro atoms. The Morgan fingerprint density at radius 3 is 2.50 bits per heavy atom.